The monoisotopic (exact) mass is 902 g/mol. The molecule has 8 atom stereocenters. The van der Waals surface area contributed by atoms with Crippen LogP contribution in [0.1, 0.15) is 98.0 Å². The molecular formula is C42H75N15O7. The maximum atomic E-state index is 14.2. The molecule has 1 aromatic carbocycles. The van der Waals surface area contributed by atoms with Crippen molar-refractivity contribution >= 4 is 53.3 Å². The molecule has 0 radical (unpaired) electrons. The quantitative estimate of drug-likeness (QED) is 0.0205. The van der Waals surface area contributed by atoms with Crippen LogP contribution < -0.4 is 72.0 Å². The Morgan fingerprint density at radius 1 is 0.562 bits per heavy atom. The van der Waals surface area contributed by atoms with Crippen LogP contribution in [0, 0.1) is 11.8 Å². The Kier molecular flexibility index (Phi) is 26.4. The zero-order chi connectivity index (χ0) is 48.4. The van der Waals surface area contributed by atoms with Gasteiger partial charge in [-0.2, -0.15) is 0 Å². The molecule has 0 saturated carbocycles. The van der Waals surface area contributed by atoms with Crippen molar-refractivity contribution in [3.8, 4) is 0 Å². The molecule has 1 rings (SSSR count). The van der Waals surface area contributed by atoms with Crippen LogP contribution in [0.15, 0.2) is 40.3 Å². The zero-order valence-electron chi connectivity index (χ0n) is 38.1. The van der Waals surface area contributed by atoms with E-state index in [1.807, 2.05) is 26.8 Å². The molecule has 0 spiro atoms. The fourth-order valence-electron chi connectivity index (χ4n) is 6.42. The number of hydrogen-bond acceptors (Lipinski definition) is 11. The van der Waals surface area contributed by atoms with Crippen LogP contribution in [-0.4, -0.2) is 115 Å². The van der Waals surface area contributed by atoms with Gasteiger partial charge in [0.05, 0.1) is 6.04 Å². The highest BCUT2D eigenvalue weighted by Gasteiger charge is 2.35. The molecule has 7 amide bonds. The number of nitrogens with one attached hydrogen (secondary N) is 6. The third-order valence-electron chi connectivity index (χ3n) is 10.2. The lowest BCUT2D eigenvalue weighted by Gasteiger charge is -2.29. The number of benzene rings is 1. The van der Waals surface area contributed by atoms with E-state index in [2.05, 4.69) is 41.9 Å². The van der Waals surface area contributed by atoms with Gasteiger partial charge in [-0.05, 0) is 82.2 Å². The van der Waals surface area contributed by atoms with Crippen LogP contribution >= 0.6 is 0 Å². The fourth-order valence-corrected chi connectivity index (χ4v) is 6.42. The molecule has 20 N–H and O–H groups in total. The highest BCUT2D eigenvalue weighted by molar-refractivity contribution is 5.97. The van der Waals surface area contributed by atoms with E-state index in [-0.39, 0.29) is 75.9 Å². The molecule has 22 heteroatoms. The number of guanidine groups is 2. The van der Waals surface area contributed by atoms with Crippen molar-refractivity contribution in [2.24, 2.45) is 62.0 Å². The Bertz CT molecular complexity index is 1700. The van der Waals surface area contributed by atoms with E-state index in [9.17, 15) is 33.6 Å². The van der Waals surface area contributed by atoms with Crippen molar-refractivity contribution in [1.29, 1.82) is 0 Å². The smallest absolute Gasteiger partial charge is 0.243 e. The van der Waals surface area contributed by atoms with Gasteiger partial charge >= 0.3 is 0 Å². The van der Waals surface area contributed by atoms with Crippen molar-refractivity contribution in [1.82, 2.24) is 31.9 Å². The Balaban J connectivity index is 3.49. The maximum absolute atomic E-state index is 14.2. The van der Waals surface area contributed by atoms with Gasteiger partial charge in [0.25, 0.3) is 0 Å². The Morgan fingerprint density at radius 2 is 1.00 bits per heavy atom. The van der Waals surface area contributed by atoms with Gasteiger partial charge in [-0.15, -0.1) is 0 Å². The van der Waals surface area contributed by atoms with E-state index in [1.165, 1.54) is 6.92 Å². The summed E-state index contributed by atoms with van der Waals surface area (Å²) in [5.41, 5.74) is 39.8. The van der Waals surface area contributed by atoms with Crippen LogP contribution in [0.3, 0.4) is 0 Å². The van der Waals surface area contributed by atoms with Crippen molar-refractivity contribution in [2.45, 2.75) is 141 Å². The number of nitrogens with zero attached hydrogens (tertiary/aromatic N) is 2. The fraction of sp³-hybridized carbons (Fsp3) is 0.643. The number of carbonyl (C=O) groups excluding carboxylic acids is 7. The van der Waals surface area contributed by atoms with E-state index in [4.69, 9.17) is 40.1 Å². The molecular weight excluding hydrogens is 827 g/mol. The van der Waals surface area contributed by atoms with Crippen LogP contribution in [-0.2, 0) is 40.0 Å². The summed E-state index contributed by atoms with van der Waals surface area (Å²) in [6.07, 6.45) is 2.48. The van der Waals surface area contributed by atoms with Crippen molar-refractivity contribution in [2.75, 3.05) is 19.6 Å². The molecule has 0 aliphatic heterocycles. The predicted molar refractivity (Wildman–Crippen MR) is 246 cm³/mol. The molecule has 0 unspecified atom stereocenters. The topological polar surface area (TPSA) is 399 Å². The molecule has 0 aliphatic carbocycles. The highest BCUT2D eigenvalue weighted by Crippen LogP contribution is 2.14. The largest absolute Gasteiger partial charge is 0.370 e. The molecule has 0 heterocycles. The molecule has 64 heavy (non-hydrogen) atoms. The number of primary amides is 1. The van der Waals surface area contributed by atoms with Gasteiger partial charge in [0, 0.05) is 19.5 Å². The summed E-state index contributed by atoms with van der Waals surface area (Å²) in [6.45, 7) is 9.33. The molecule has 22 nitrogen and oxygen atoms in total. The maximum Gasteiger partial charge on any atom is 0.243 e. The van der Waals surface area contributed by atoms with Gasteiger partial charge in [-0.25, -0.2) is 0 Å². The summed E-state index contributed by atoms with van der Waals surface area (Å²) in [7, 11) is 0. The Labute approximate surface area is 376 Å². The lowest BCUT2D eigenvalue weighted by atomic mass is 9.95. The van der Waals surface area contributed by atoms with Crippen molar-refractivity contribution < 1.29 is 33.6 Å². The Morgan fingerprint density at radius 3 is 1.42 bits per heavy atom. The van der Waals surface area contributed by atoms with E-state index in [1.54, 1.807) is 31.2 Å². The van der Waals surface area contributed by atoms with Crippen molar-refractivity contribution in [3.05, 3.63) is 35.9 Å². The number of rotatable bonds is 31. The number of unbranched alkanes of at least 4 members (excludes halogenated alkanes) is 1. The molecule has 1 aromatic rings. The number of amides is 7. The highest BCUT2D eigenvalue weighted by atomic mass is 16.2. The van der Waals surface area contributed by atoms with Gasteiger partial charge in [0.15, 0.2) is 11.9 Å². The first-order chi connectivity index (χ1) is 30.2. The SMILES string of the molecule is CC[C@H](C)[C@H](NC(=O)[C@H](CC(C)C)NC(=O)[C@H](CCCN=C(N)N)NC(=O)[C@H](CCCN=C(N)N)NC(=O)[C@H](CCCCN)NC(=O)[C@H](C)N)C(=O)N[C@@H](Cc1ccccc1)C(N)=O. The summed E-state index contributed by atoms with van der Waals surface area (Å²) in [4.78, 5) is 103. The summed E-state index contributed by atoms with van der Waals surface area (Å²) < 4.78 is 0. The van der Waals surface area contributed by atoms with E-state index in [0.717, 1.165) is 5.56 Å². The summed E-state index contributed by atoms with van der Waals surface area (Å²) in [5, 5.41) is 16.3. The van der Waals surface area contributed by atoms with Gasteiger partial charge in [0.1, 0.15) is 36.3 Å². The first kappa shape index (κ1) is 56.0. The second-order valence-electron chi connectivity index (χ2n) is 16.4. The average Bonchev–Trinajstić information content (AvgIpc) is 3.23. The third-order valence-corrected chi connectivity index (χ3v) is 10.2. The van der Waals surface area contributed by atoms with Crippen LogP contribution in [0.25, 0.3) is 0 Å². The number of nitrogens with two attached hydrogens (primary N) is 7. The molecule has 0 aliphatic rings. The number of aliphatic imine (C=N–C) groups is 2. The summed E-state index contributed by atoms with van der Waals surface area (Å²) in [5.74, 6) is -5.68. The summed E-state index contributed by atoms with van der Waals surface area (Å²) >= 11 is 0. The zero-order valence-corrected chi connectivity index (χ0v) is 38.1. The van der Waals surface area contributed by atoms with Gasteiger partial charge in [0.2, 0.25) is 41.4 Å². The molecule has 360 valence electrons. The van der Waals surface area contributed by atoms with Gasteiger partial charge in [-0.3, -0.25) is 43.5 Å². The number of carbonyl (C=O) groups is 7. The second-order valence-corrected chi connectivity index (χ2v) is 16.4. The van der Waals surface area contributed by atoms with Gasteiger partial charge < -0.3 is 72.0 Å². The van der Waals surface area contributed by atoms with Crippen LogP contribution in [0.4, 0.5) is 0 Å². The lowest BCUT2D eigenvalue weighted by molar-refractivity contribution is -0.136. The van der Waals surface area contributed by atoms with Crippen molar-refractivity contribution in [3.63, 3.8) is 0 Å². The molecule has 0 saturated heterocycles. The van der Waals surface area contributed by atoms with Crippen LogP contribution in [0.2, 0.25) is 0 Å². The average molecular weight is 902 g/mol. The third kappa shape index (κ3) is 22.4. The first-order valence-electron chi connectivity index (χ1n) is 21.9. The Hall–Kier alpha value is -6.03. The summed E-state index contributed by atoms with van der Waals surface area (Å²) in [6, 6.07) is 1.15. The molecule has 0 fully saturated rings. The standard InChI is InChI=1S/C42H75N15O7/c1-6-25(4)33(40(64)55-31(34(45)58)23-27-14-8-7-9-15-27)57-39(63)32(22-24(2)3)56-38(62)30(18-13-21-51-42(48)49)54-37(61)29(17-12-20-50-41(46)47)53-36(60)28(16-10-11-19-43)52-35(59)26(5)44/h7-9,14-15,24-26,28-33H,6,10-13,16-23,43-44H2,1-5H3,(H2,45,58)(H,52,59)(H,53,60)(H,54,61)(H,55,64)(H,56,62)(H,57,63)(H4,46,47,50)(H4,48,49,51)/t25-,26-,28-,29-,30-,31-,32-,33-/m0/s1. The minimum absolute atomic E-state index is 0.000975. The van der Waals surface area contributed by atoms with Gasteiger partial charge in [-0.1, -0.05) is 64.4 Å². The molecule has 0 aromatic heterocycles. The van der Waals surface area contributed by atoms with E-state index >= 15 is 0 Å². The normalized spacial score (nSPS) is 14.8. The lowest BCUT2D eigenvalue weighted by Crippen LogP contribution is -2.60. The van der Waals surface area contributed by atoms with E-state index < -0.39 is 89.6 Å². The minimum Gasteiger partial charge on any atom is -0.370 e. The second kappa shape index (κ2) is 30.1. The molecule has 0 bridgehead atoms. The van der Waals surface area contributed by atoms with E-state index in [0.29, 0.717) is 25.8 Å². The van der Waals surface area contributed by atoms with Crippen LogP contribution in [0.5, 0.6) is 0 Å². The number of hydrogen-bond donors (Lipinski definition) is 13. The first-order valence-corrected chi connectivity index (χ1v) is 21.9. The minimum atomic E-state index is -1.28. The predicted octanol–water partition coefficient (Wildman–Crippen LogP) is -2.70.